The molecule has 0 bridgehead atoms. The molecule has 0 saturated heterocycles. The third-order valence-corrected chi connectivity index (χ3v) is 7.69. The Morgan fingerprint density at radius 2 is 1.82 bits per heavy atom. The fraction of sp³-hybridized carbons (Fsp3) is 0.333. The maximum absolute atomic E-state index is 12.3. The van der Waals surface area contributed by atoms with E-state index in [4.69, 9.17) is 25.7 Å². The minimum atomic E-state index is 0. The van der Waals surface area contributed by atoms with Crippen molar-refractivity contribution in [2.24, 2.45) is 0 Å². The number of carbonyl (C=O) groups excluding carboxylic acids is 1. The molecule has 3 aromatic carbocycles. The molecule has 234 valence electrons. The minimum absolute atomic E-state index is 0. The Hall–Kier alpha value is -3.39. The van der Waals surface area contributed by atoms with Crippen molar-refractivity contribution in [3.05, 3.63) is 96.1 Å². The molecule has 1 N–H and O–H groups in total. The summed E-state index contributed by atoms with van der Waals surface area (Å²) in [6.07, 6.45) is 8.06. The number of carbonyl (C=O) groups is 1. The van der Waals surface area contributed by atoms with Gasteiger partial charge in [0.15, 0.2) is 12.1 Å². The lowest BCUT2D eigenvalue weighted by molar-refractivity contribution is -0.882. The van der Waals surface area contributed by atoms with Gasteiger partial charge >= 0.3 is 0 Å². The first kappa shape index (κ1) is 35.1. The highest BCUT2D eigenvalue weighted by Crippen LogP contribution is 2.37. The first-order valence-corrected chi connectivity index (χ1v) is 15.4. The number of amides is 1. The topological polar surface area (TPSA) is 64.4 Å². The number of likely N-dealkylation sites (N-methyl/N-ethyl adjacent to an activating group) is 1. The van der Waals surface area contributed by atoms with Crippen LogP contribution in [0.15, 0.2) is 84.3 Å². The molecule has 0 atom stereocenters. The van der Waals surface area contributed by atoms with Gasteiger partial charge in [-0.3, -0.25) is 4.79 Å². The number of halogens is 2. The van der Waals surface area contributed by atoms with Gasteiger partial charge in [0.2, 0.25) is 5.89 Å². The van der Waals surface area contributed by atoms with Crippen LogP contribution in [-0.2, 0) is 17.6 Å². The molecule has 1 amide bonds. The van der Waals surface area contributed by atoms with Crippen molar-refractivity contribution in [2.45, 2.75) is 39.0 Å². The van der Waals surface area contributed by atoms with Crippen LogP contribution in [0.25, 0.3) is 33.7 Å². The molecule has 0 aliphatic heterocycles. The van der Waals surface area contributed by atoms with E-state index in [2.05, 4.69) is 57.7 Å². The zero-order chi connectivity index (χ0) is 30.8. The van der Waals surface area contributed by atoms with Crippen LogP contribution >= 0.6 is 11.6 Å². The SMILES string of the molecule is C=CCc1cc(-c2ccc(OCCC[N+](C)(C)CC(=O)NCCCC)c(CC=C)c2)c2oc(-c3ccccc3Cl)nc2c1.[Br-]. The van der Waals surface area contributed by atoms with Crippen molar-refractivity contribution in [3.8, 4) is 28.3 Å². The number of ether oxygens (including phenoxy) is 1. The zero-order valence-corrected chi connectivity index (χ0v) is 28.3. The van der Waals surface area contributed by atoms with E-state index in [1.165, 1.54) is 0 Å². The van der Waals surface area contributed by atoms with Crippen molar-refractivity contribution in [1.29, 1.82) is 0 Å². The maximum atomic E-state index is 12.3. The number of nitrogens with zero attached hydrogens (tertiary/aromatic N) is 2. The second-order valence-electron chi connectivity index (χ2n) is 11.5. The predicted molar refractivity (Wildman–Crippen MR) is 178 cm³/mol. The highest BCUT2D eigenvalue weighted by molar-refractivity contribution is 6.33. The van der Waals surface area contributed by atoms with Gasteiger partial charge in [-0.1, -0.05) is 55.3 Å². The van der Waals surface area contributed by atoms with Crippen molar-refractivity contribution in [3.63, 3.8) is 0 Å². The fourth-order valence-corrected chi connectivity index (χ4v) is 5.36. The summed E-state index contributed by atoms with van der Waals surface area (Å²) in [5.41, 5.74) is 6.34. The lowest BCUT2D eigenvalue weighted by Gasteiger charge is -2.29. The summed E-state index contributed by atoms with van der Waals surface area (Å²) in [6, 6.07) is 18.0. The number of allylic oxidation sites excluding steroid dienone is 2. The molecule has 0 fully saturated rings. The average molecular weight is 681 g/mol. The fourth-order valence-electron chi connectivity index (χ4n) is 5.15. The molecule has 6 nitrogen and oxygen atoms in total. The van der Waals surface area contributed by atoms with Gasteiger partial charge in [0.1, 0.15) is 11.3 Å². The first-order chi connectivity index (χ1) is 20.7. The Labute approximate surface area is 277 Å². The number of hydrogen-bond acceptors (Lipinski definition) is 4. The molecule has 0 unspecified atom stereocenters. The van der Waals surface area contributed by atoms with Gasteiger partial charge in [-0.2, -0.15) is 0 Å². The van der Waals surface area contributed by atoms with Crippen molar-refractivity contribution in [1.82, 2.24) is 10.3 Å². The summed E-state index contributed by atoms with van der Waals surface area (Å²) in [5, 5.41) is 3.60. The molecule has 44 heavy (non-hydrogen) atoms. The van der Waals surface area contributed by atoms with Gasteiger partial charge in [0.25, 0.3) is 5.91 Å². The first-order valence-electron chi connectivity index (χ1n) is 15.0. The average Bonchev–Trinajstić information content (AvgIpc) is 3.40. The summed E-state index contributed by atoms with van der Waals surface area (Å²) in [5.74, 6) is 1.42. The number of unbranched alkanes of at least 4 members (excludes halogenated alkanes) is 1. The van der Waals surface area contributed by atoms with Gasteiger partial charge in [0.05, 0.1) is 37.8 Å². The molecular weight excluding hydrogens is 638 g/mol. The second-order valence-corrected chi connectivity index (χ2v) is 11.9. The summed E-state index contributed by atoms with van der Waals surface area (Å²) < 4.78 is 13.2. The number of quaternary nitrogens is 1. The van der Waals surface area contributed by atoms with Crippen LogP contribution < -0.4 is 27.0 Å². The largest absolute Gasteiger partial charge is 1.00 e. The van der Waals surface area contributed by atoms with Crippen LogP contribution in [0.5, 0.6) is 5.75 Å². The molecule has 4 aromatic rings. The molecule has 1 aromatic heterocycles. The molecule has 0 saturated carbocycles. The third-order valence-electron chi connectivity index (χ3n) is 7.36. The summed E-state index contributed by atoms with van der Waals surface area (Å²) in [6.45, 7) is 12.6. The van der Waals surface area contributed by atoms with E-state index in [1.807, 2.05) is 48.6 Å². The van der Waals surface area contributed by atoms with E-state index in [9.17, 15) is 4.79 Å². The number of oxazole rings is 1. The molecule has 0 spiro atoms. The van der Waals surface area contributed by atoms with Gasteiger partial charge < -0.3 is 35.9 Å². The van der Waals surface area contributed by atoms with E-state index < -0.39 is 0 Å². The van der Waals surface area contributed by atoms with Crippen molar-refractivity contribution >= 4 is 28.6 Å². The zero-order valence-electron chi connectivity index (χ0n) is 26.0. The van der Waals surface area contributed by atoms with Gasteiger partial charge in [-0.15, -0.1) is 13.2 Å². The van der Waals surface area contributed by atoms with Gasteiger partial charge in [-0.05, 0) is 72.4 Å². The predicted octanol–water partition coefficient (Wildman–Crippen LogP) is 5.04. The Morgan fingerprint density at radius 1 is 1.05 bits per heavy atom. The monoisotopic (exact) mass is 679 g/mol. The molecule has 0 radical (unpaired) electrons. The lowest BCUT2D eigenvalue weighted by Crippen LogP contribution is -3.00. The van der Waals surface area contributed by atoms with E-state index in [0.717, 1.165) is 71.4 Å². The quantitative estimate of drug-likeness (QED) is 0.102. The van der Waals surface area contributed by atoms with Crippen LogP contribution in [0.1, 0.15) is 37.3 Å². The Bertz CT molecular complexity index is 1580. The lowest BCUT2D eigenvalue weighted by atomic mass is 9.97. The van der Waals surface area contributed by atoms with E-state index >= 15 is 0 Å². The van der Waals surface area contributed by atoms with Crippen molar-refractivity contribution < 1.29 is 35.4 Å². The minimum Gasteiger partial charge on any atom is -1.00 e. The smallest absolute Gasteiger partial charge is 0.275 e. The maximum Gasteiger partial charge on any atom is 0.275 e. The molecule has 8 heteroatoms. The molecule has 0 aliphatic rings. The highest BCUT2D eigenvalue weighted by Gasteiger charge is 2.20. The number of hydrogen-bond donors (Lipinski definition) is 1. The van der Waals surface area contributed by atoms with E-state index in [0.29, 0.717) is 47.0 Å². The normalized spacial score (nSPS) is 11.2. The Kier molecular flexibility index (Phi) is 13.3. The number of fused-ring (bicyclic) bond motifs is 1. The van der Waals surface area contributed by atoms with Gasteiger partial charge in [0, 0.05) is 18.5 Å². The standard InChI is InChI=1S/C36H42ClN3O3.BrH/c1-6-9-19-38-34(41)25-40(4,5)20-12-21-42-33-18-17-27(24-28(33)14-8-3)30-22-26(13-7-2)23-32-35(30)43-36(39-32)29-15-10-11-16-31(29)37;/h7-8,10-11,15-18,22-24H,2-3,6,9,12-14,19-21,25H2,1,4-5H3;1H. The summed E-state index contributed by atoms with van der Waals surface area (Å²) >= 11 is 6.46. The highest BCUT2D eigenvalue weighted by atomic mass is 79.9. The van der Waals surface area contributed by atoms with E-state index in [1.54, 1.807) is 0 Å². The number of aromatic nitrogens is 1. The number of benzene rings is 3. The van der Waals surface area contributed by atoms with Crippen LogP contribution in [0.4, 0.5) is 0 Å². The second kappa shape index (κ2) is 16.6. The van der Waals surface area contributed by atoms with Crippen LogP contribution in [0.2, 0.25) is 5.02 Å². The molecule has 1 heterocycles. The molecule has 4 rings (SSSR count). The summed E-state index contributed by atoms with van der Waals surface area (Å²) in [7, 11) is 4.17. The summed E-state index contributed by atoms with van der Waals surface area (Å²) in [4.78, 5) is 17.1. The molecular formula is C36H43BrClN3O3. The number of nitrogens with one attached hydrogen (secondary N) is 1. The Morgan fingerprint density at radius 3 is 2.55 bits per heavy atom. The van der Waals surface area contributed by atoms with Crippen molar-refractivity contribution in [2.75, 3.05) is 40.3 Å². The number of rotatable bonds is 16. The van der Waals surface area contributed by atoms with Gasteiger partial charge in [-0.25, -0.2) is 4.98 Å². The van der Waals surface area contributed by atoms with E-state index in [-0.39, 0.29) is 22.9 Å². The Balaban J connectivity index is 0.00000529. The van der Waals surface area contributed by atoms with Crippen LogP contribution in [0, 0.1) is 0 Å². The third kappa shape index (κ3) is 9.31. The van der Waals surface area contributed by atoms with Crippen LogP contribution in [-0.4, -0.2) is 55.7 Å². The van der Waals surface area contributed by atoms with Crippen LogP contribution in [0.3, 0.4) is 0 Å². The molecule has 0 aliphatic carbocycles.